The van der Waals surface area contributed by atoms with Gasteiger partial charge in [-0.15, -0.1) is 0 Å². The van der Waals surface area contributed by atoms with Gasteiger partial charge < -0.3 is 8.83 Å². The summed E-state index contributed by atoms with van der Waals surface area (Å²) in [5, 5.41) is 12.7. The van der Waals surface area contributed by atoms with Gasteiger partial charge in [0.1, 0.15) is 17.6 Å². The first-order chi connectivity index (χ1) is 8.19. The monoisotopic (exact) mass is 230 g/mol. The van der Waals surface area contributed by atoms with E-state index >= 15 is 0 Å². The van der Waals surface area contributed by atoms with Crippen molar-refractivity contribution in [2.75, 3.05) is 5.43 Å². The highest BCUT2D eigenvalue weighted by Crippen LogP contribution is 2.15. The number of oxazole rings is 1. The summed E-state index contributed by atoms with van der Waals surface area (Å²) in [6.07, 6.45) is 1.49. The van der Waals surface area contributed by atoms with Crippen LogP contribution in [0.2, 0.25) is 0 Å². The van der Waals surface area contributed by atoms with Crippen LogP contribution in [0.15, 0.2) is 26.1 Å². The molecule has 0 aliphatic heterocycles. The van der Waals surface area contributed by atoms with E-state index in [4.69, 9.17) is 14.1 Å². The number of nitrogens with one attached hydrogen (secondary N) is 1. The van der Waals surface area contributed by atoms with Gasteiger partial charge in [0.2, 0.25) is 5.69 Å². The van der Waals surface area contributed by atoms with E-state index in [2.05, 4.69) is 15.5 Å². The van der Waals surface area contributed by atoms with Crippen LogP contribution < -0.4 is 5.43 Å². The van der Waals surface area contributed by atoms with E-state index in [0.717, 1.165) is 5.76 Å². The Morgan fingerprint density at radius 3 is 2.88 bits per heavy atom. The highest BCUT2D eigenvalue weighted by molar-refractivity contribution is 5.76. The number of aromatic nitrogens is 1. The molecule has 2 rings (SSSR count). The molecule has 6 heteroatoms. The van der Waals surface area contributed by atoms with Crippen molar-refractivity contribution in [1.29, 1.82) is 5.26 Å². The maximum Gasteiger partial charge on any atom is 0.252 e. The number of nitrogens with zero attached hydrogens (tertiary/aromatic N) is 3. The zero-order valence-electron chi connectivity index (χ0n) is 9.39. The molecule has 0 amide bonds. The van der Waals surface area contributed by atoms with E-state index in [0.29, 0.717) is 11.7 Å². The number of rotatable bonds is 3. The molecule has 0 radical (unpaired) electrons. The Kier molecular flexibility index (Phi) is 2.92. The summed E-state index contributed by atoms with van der Waals surface area (Å²) in [5.74, 6) is 2.06. The number of nitriles is 1. The molecule has 0 spiro atoms. The van der Waals surface area contributed by atoms with Crippen LogP contribution in [0.1, 0.15) is 23.1 Å². The number of hydrogen-bond acceptors (Lipinski definition) is 6. The van der Waals surface area contributed by atoms with Crippen molar-refractivity contribution in [3.8, 4) is 6.07 Å². The highest BCUT2D eigenvalue weighted by atomic mass is 16.4. The second-order valence-corrected chi connectivity index (χ2v) is 3.34. The highest BCUT2D eigenvalue weighted by Gasteiger charge is 2.08. The molecule has 86 valence electrons. The predicted molar refractivity (Wildman–Crippen MR) is 60.6 cm³/mol. The molecule has 0 aromatic carbocycles. The Bertz CT molecular complexity index is 589. The summed E-state index contributed by atoms with van der Waals surface area (Å²) in [7, 11) is 0. The zero-order chi connectivity index (χ0) is 12.3. The standard InChI is InChI=1S/C11H10N4O2/c1-7-3-4-9(16-7)6-13-15-11-10(5-12)14-8(2)17-11/h3-4,6,15H,1-2H3/b13-6+. The number of anilines is 1. The molecular formula is C11H10N4O2. The van der Waals surface area contributed by atoms with Gasteiger partial charge in [-0.2, -0.15) is 10.4 Å². The lowest BCUT2D eigenvalue weighted by Crippen LogP contribution is -1.90. The van der Waals surface area contributed by atoms with Gasteiger partial charge >= 0.3 is 0 Å². The summed E-state index contributed by atoms with van der Waals surface area (Å²) in [6, 6.07) is 5.53. The third-order valence-electron chi connectivity index (χ3n) is 1.96. The molecule has 17 heavy (non-hydrogen) atoms. The zero-order valence-corrected chi connectivity index (χ0v) is 9.39. The van der Waals surface area contributed by atoms with Gasteiger partial charge in [0.15, 0.2) is 5.89 Å². The van der Waals surface area contributed by atoms with Gasteiger partial charge in [-0.3, -0.25) is 0 Å². The summed E-state index contributed by atoms with van der Waals surface area (Å²) in [6.45, 7) is 3.50. The van der Waals surface area contributed by atoms with Gasteiger partial charge in [0.25, 0.3) is 5.88 Å². The fourth-order valence-electron chi connectivity index (χ4n) is 1.26. The van der Waals surface area contributed by atoms with Crippen molar-refractivity contribution in [3.63, 3.8) is 0 Å². The Morgan fingerprint density at radius 2 is 2.24 bits per heavy atom. The minimum Gasteiger partial charge on any atom is -0.460 e. The molecule has 0 bridgehead atoms. The van der Waals surface area contributed by atoms with Gasteiger partial charge in [-0.1, -0.05) is 0 Å². The number of aryl methyl sites for hydroxylation is 2. The average molecular weight is 230 g/mol. The molecule has 0 aliphatic rings. The van der Waals surface area contributed by atoms with Crippen molar-refractivity contribution < 1.29 is 8.83 Å². The Balaban J connectivity index is 2.07. The molecule has 2 aromatic rings. The molecular weight excluding hydrogens is 220 g/mol. The minimum atomic E-state index is 0.176. The van der Waals surface area contributed by atoms with Crippen molar-refractivity contribution >= 4 is 12.1 Å². The van der Waals surface area contributed by atoms with Crippen LogP contribution in [-0.2, 0) is 0 Å². The van der Waals surface area contributed by atoms with Crippen LogP contribution in [0.4, 0.5) is 5.88 Å². The molecule has 0 saturated carbocycles. The molecule has 1 N–H and O–H groups in total. The number of furan rings is 1. The number of hydrazone groups is 1. The van der Waals surface area contributed by atoms with E-state index in [9.17, 15) is 0 Å². The van der Waals surface area contributed by atoms with Gasteiger partial charge in [-0.25, -0.2) is 10.4 Å². The van der Waals surface area contributed by atoms with Crippen LogP contribution in [-0.4, -0.2) is 11.2 Å². The lowest BCUT2D eigenvalue weighted by Gasteiger charge is -1.92. The largest absolute Gasteiger partial charge is 0.460 e. The van der Waals surface area contributed by atoms with E-state index < -0.39 is 0 Å². The Morgan fingerprint density at radius 1 is 1.41 bits per heavy atom. The van der Waals surface area contributed by atoms with Gasteiger partial charge in [0.05, 0.1) is 6.21 Å². The first-order valence-corrected chi connectivity index (χ1v) is 4.92. The molecule has 6 nitrogen and oxygen atoms in total. The van der Waals surface area contributed by atoms with Crippen molar-refractivity contribution in [2.24, 2.45) is 5.10 Å². The third kappa shape index (κ3) is 2.52. The molecule has 0 atom stereocenters. The topological polar surface area (TPSA) is 87.4 Å². The summed E-state index contributed by atoms with van der Waals surface area (Å²) in [5.41, 5.74) is 2.78. The van der Waals surface area contributed by atoms with Crippen LogP contribution in [0.5, 0.6) is 0 Å². The van der Waals surface area contributed by atoms with E-state index in [-0.39, 0.29) is 11.6 Å². The van der Waals surface area contributed by atoms with Crippen LogP contribution in [0, 0.1) is 25.2 Å². The van der Waals surface area contributed by atoms with Crippen molar-refractivity contribution in [3.05, 3.63) is 35.2 Å². The Labute approximate surface area is 97.6 Å². The van der Waals surface area contributed by atoms with Crippen LogP contribution in [0.25, 0.3) is 0 Å². The normalized spacial score (nSPS) is 10.6. The van der Waals surface area contributed by atoms with E-state index in [1.54, 1.807) is 13.0 Å². The lowest BCUT2D eigenvalue weighted by atomic mass is 10.4. The average Bonchev–Trinajstić information content (AvgIpc) is 2.85. The lowest BCUT2D eigenvalue weighted by molar-refractivity contribution is 0.527. The molecule has 2 heterocycles. The first-order valence-electron chi connectivity index (χ1n) is 4.92. The molecule has 0 aliphatic carbocycles. The van der Waals surface area contributed by atoms with E-state index in [1.807, 2.05) is 19.1 Å². The van der Waals surface area contributed by atoms with Gasteiger partial charge in [-0.05, 0) is 19.1 Å². The number of hydrogen-bond donors (Lipinski definition) is 1. The van der Waals surface area contributed by atoms with Crippen LogP contribution >= 0.6 is 0 Å². The first kappa shape index (κ1) is 11.0. The third-order valence-corrected chi connectivity index (χ3v) is 1.96. The smallest absolute Gasteiger partial charge is 0.252 e. The second-order valence-electron chi connectivity index (χ2n) is 3.34. The summed E-state index contributed by atoms with van der Waals surface area (Å²) in [4.78, 5) is 3.87. The molecule has 0 unspecified atom stereocenters. The fourth-order valence-corrected chi connectivity index (χ4v) is 1.26. The van der Waals surface area contributed by atoms with Crippen molar-refractivity contribution in [1.82, 2.24) is 4.98 Å². The summed E-state index contributed by atoms with van der Waals surface area (Å²) >= 11 is 0. The summed E-state index contributed by atoms with van der Waals surface area (Å²) < 4.78 is 10.4. The van der Waals surface area contributed by atoms with Crippen molar-refractivity contribution in [2.45, 2.75) is 13.8 Å². The maximum absolute atomic E-state index is 8.77. The van der Waals surface area contributed by atoms with Crippen LogP contribution in [0.3, 0.4) is 0 Å². The SMILES string of the molecule is Cc1ccc(/C=N/Nc2oc(C)nc2C#N)o1. The maximum atomic E-state index is 8.77. The quantitative estimate of drug-likeness (QED) is 0.645. The van der Waals surface area contributed by atoms with E-state index in [1.165, 1.54) is 6.21 Å². The van der Waals surface area contributed by atoms with Gasteiger partial charge in [0, 0.05) is 6.92 Å². The molecule has 0 saturated heterocycles. The second kappa shape index (κ2) is 4.53. The fraction of sp³-hybridized carbons (Fsp3) is 0.182. The molecule has 0 fully saturated rings. The Hall–Kier alpha value is -2.55. The minimum absolute atomic E-state index is 0.176. The predicted octanol–water partition coefficient (Wildman–Crippen LogP) is 2.20. The molecule has 2 aromatic heterocycles.